The molecule has 0 radical (unpaired) electrons. The summed E-state index contributed by atoms with van der Waals surface area (Å²) in [5.74, 6) is -0.0619. The van der Waals surface area contributed by atoms with Gasteiger partial charge in [0, 0.05) is 11.1 Å². The molecule has 3 nitrogen and oxygen atoms in total. The van der Waals surface area contributed by atoms with E-state index in [0.717, 1.165) is 6.07 Å². The first kappa shape index (κ1) is 14.3. The van der Waals surface area contributed by atoms with Gasteiger partial charge in [0.1, 0.15) is 11.4 Å². The molecule has 20 heavy (non-hydrogen) atoms. The van der Waals surface area contributed by atoms with Crippen molar-refractivity contribution in [2.45, 2.75) is 12.6 Å². The molecule has 8 heteroatoms. The fraction of sp³-hybridized carbons (Fsp3) is 0.250. The molecule has 2 aromatic rings. The van der Waals surface area contributed by atoms with Crippen molar-refractivity contribution in [2.75, 3.05) is 12.3 Å². The number of hydrogen-bond donors (Lipinski definition) is 1. The number of rotatable bonds is 3. The molecule has 0 aliphatic heterocycles. The van der Waals surface area contributed by atoms with Crippen LogP contribution >= 0.6 is 0 Å². The maximum absolute atomic E-state index is 12.5. The topological polar surface area (TPSA) is 48.1 Å². The monoisotopic (exact) mass is 292 g/mol. The molecule has 0 aliphatic carbocycles. The van der Waals surface area contributed by atoms with Crippen LogP contribution in [0.1, 0.15) is 12.1 Å². The lowest BCUT2D eigenvalue weighted by molar-refractivity contribution is -0.153. The minimum atomic E-state index is -4.46. The average Bonchev–Trinajstić information content (AvgIpc) is 2.35. The van der Waals surface area contributed by atoms with Gasteiger partial charge < -0.3 is 10.5 Å². The van der Waals surface area contributed by atoms with Gasteiger partial charge in [-0.1, -0.05) is 0 Å². The molecule has 0 bridgehead atoms. The molecule has 0 fully saturated rings. The fourth-order valence-corrected chi connectivity index (χ4v) is 1.62. The number of fused-ring (bicyclic) bond motifs is 1. The summed E-state index contributed by atoms with van der Waals surface area (Å²) in [5, 5.41) is 0.258. The van der Waals surface area contributed by atoms with Crippen molar-refractivity contribution in [3.05, 3.63) is 30.0 Å². The Morgan fingerprint density at radius 3 is 2.50 bits per heavy atom. The Hall–Kier alpha value is -2.12. The van der Waals surface area contributed by atoms with E-state index in [1.165, 1.54) is 18.2 Å². The Morgan fingerprint density at radius 1 is 1.20 bits per heavy atom. The van der Waals surface area contributed by atoms with Crippen molar-refractivity contribution in [1.82, 2.24) is 4.98 Å². The Kier molecular flexibility index (Phi) is 3.65. The molecule has 1 aromatic carbocycles. The van der Waals surface area contributed by atoms with Gasteiger partial charge in [0.05, 0.1) is 5.52 Å². The second-order valence-corrected chi connectivity index (χ2v) is 4.02. The number of anilines is 1. The highest BCUT2D eigenvalue weighted by atomic mass is 19.4. The molecule has 2 N–H and O–H groups in total. The van der Waals surface area contributed by atoms with Crippen LogP contribution in [0.25, 0.3) is 10.9 Å². The standard InChI is InChI=1S/C12H9F5N2O/c13-11(14)10-4-8(18)7-3-6(1-2-9(7)19-10)20-5-12(15,16)17/h1-4,11H,5H2,(H2,18,19). The third-order valence-corrected chi connectivity index (χ3v) is 2.46. The number of nitrogens with zero attached hydrogens (tertiary/aromatic N) is 1. The van der Waals surface area contributed by atoms with Crippen LogP contribution in [0.4, 0.5) is 27.6 Å². The van der Waals surface area contributed by atoms with E-state index in [2.05, 4.69) is 9.72 Å². The zero-order chi connectivity index (χ0) is 14.9. The van der Waals surface area contributed by atoms with E-state index in [9.17, 15) is 22.0 Å². The van der Waals surface area contributed by atoms with E-state index in [-0.39, 0.29) is 22.3 Å². The largest absolute Gasteiger partial charge is 0.484 e. The number of halogens is 5. The van der Waals surface area contributed by atoms with Crippen LogP contribution in [0.2, 0.25) is 0 Å². The lowest BCUT2D eigenvalue weighted by atomic mass is 10.1. The van der Waals surface area contributed by atoms with Crippen molar-refractivity contribution >= 4 is 16.6 Å². The zero-order valence-corrected chi connectivity index (χ0v) is 9.92. The highest BCUT2D eigenvalue weighted by Crippen LogP contribution is 2.29. The van der Waals surface area contributed by atoms with E-state index >= 15 is 0 Å². The first-order valence-electron chi connectivity index (χ1n) is 5.44. The van der Waals surface area contributed by atoms with E-state index in [1.54, 1.807) is 0 Å². The number of aromatic nitrogens is 1. The second kappa shape index (κ2) is 5.10. The Bertz CT molecular complexity index is 627. The number of benzene rings is 1. The van der Waals surface area contributed by atoms with E-state index in [0.29, 0.717) is 0 Å². The van der Waals surface area contributed by atoms with Gasteiger partial charge in [0.2, 0.25) is 0 Å². The van der Waals surface area contributed by atoms with Crippen LogP contribution in [-0.4, -0.2) is 17.8 Å². The third kappa shape index (κ3) is 3.25. The highest BCUT2D eigenvalue weighted by molar-refractivity contribution is 5.91. The molecule has 0 saturated carbocycles. The molecule has 0 amide bonds. The molecule has 1 aromatic heterocycles. The summed E-state index contributed by atoms with van der Waals surface area (Å²) < 4.78 is 65.7. The quantitative estimate of drug-likeness (QED) is 0.878. The van der Waals surface area contributed by atoms with E-state index in [4.69, 9.17) is 5.73 Å². The predicted octanol–water partition coefficient (Wildman–Crippen LogP) is 3.70. The van der Waals surface area contributed by atoms with Crippen molar-refractivity contribution in [3.63, 3.8) is 0 Å². The molecule has 0 spiro atoms. The maximum atomic E-state index is 12.5. The number of ether oxygens (including phenoxy) is 1. The van der Waals surface area contributed by atoms with Crippen LogP contribution in [0.5, 0.6) is 5.75 Å². The molecular weight excluding hydrogens is 283 g/mol. The SMILES string of the molecule is Nc1cc(C(F)F)nc2ccc(OCC(F)(F)F)cc12. The molecule has 0 aliphatic rings. The van der Waals surface area contributed by atoms with Gasteiger partial charge in [0.15, 0.2) is 6.61 Å². The summed E-state index contributed by atoms with van der Waals surface area (Å²) in [4.78, 5) is 3.68. The second-order valence-electron chi connectivity index (χ2n) is 4.02. The zero-order valence-electron chi connectivity index (χ0n) is 9.92. The van der Waals surface area contributed by atoms with Crippen molar-refractivity contribution in [3.8, 4) is 5.75 Å². The van der Waals surface area contributed by atoms with Gasteiger partial charge in [-0.2, -0.15) is 13.2 Å². The molecule has 108 valence electrons. The first-order chi connectivity index (χ1) is 9.26. The lowest BCUT2D eigenvalue weighted by Gasteiger charge is -2.11. The van der Waals surface area contributed by atoms with Crippen molar-refractivity contribution in [1.29, 1.82) is 0 Å². The van der Waals surface area contributed by atoms with Gasteiger partial charge >= 0.3 is 6.18 Å². The maximum Gasteiger partial charge on any atom is 0.422 e. The summed E-state index contributed by atoms with van der Waals surface area (Å²) in [5.41, 5.74) is 5.28. The lowest BCUT2D eigenvalue weighted by Crippen LogP contribution is -2.19. The van der Waals surface area contributed by atoms with E-state index in [1.807, 2.05) is 0 Å². The molecule has 0 unspecified atom stereocenters. The van der Waals surface area contributed by atoms with Crippen molar-refractivity contribution in [2.24, 2.45) is 0 Å². The minimum Gasteiger partial charge on any atom is -0.484 e. The van der Waals surface area contributed by atoms with Crippen LogP contribution < -0.4 is 10.5 Å². The summed E-state index contributed by atoms with van der Waals surface area (Å²) >= 11 is 0. The molecule has 0 saturated heterocycles. The number of nitrogens with two attached hydrogens (primary N) is 1. The third-order valence-electron chi connectivity index (χ3n) is 2.46. The fourth-order valence-electron chi connectivity index (χ4n) is 1.62. The average molecular weight is 292 g/mol. The van der Waals surface area contributed by atoms with Gasteiger partial charge in [-0.3, -0.25) is 0 Å². The smallest absolute Gasteiger partial charge is 0.422 e. The van der Waals surface area contributed by atoms with Crippen LogP contribution in [-0.2, 0) is 0 Å². The molecule has 1 heterocycles. The van der Waals surface area contributed by atoms with Crippen LogP contribution in [0.3, 0.4) is 0 Å². The molecular formula is C12H9F5N2O. The Morgan fingerprint density at radius 2 is 1.90 bits per heavy atom. The van der Waals surface area contributed by atoms with Gasteiger partial charge in [-0.25, -0.2) is 13.8 Å². The number of nitrogen functional groups attached to an aromatic ring is 1. The van der Waals surface area contributed by atoms with Gasteiger partial charge in [0.25, 0.3) is 6.43 Å². The Balaban J connectivity index is 2.35. The predicted molar refractivity (Wildman–Crippen MR) is 62.7 cm³/mol. The summed E-state index contributed by atoms with van der Waals surface area (Å²) in [6.45, 7) is -1.44. The van der Waals surface area contributed by atoms with Crippen LogP contribution in [0, 0.1) is 0 Å². The van der Waals surface area contributed by atoms with Gasteiger partial charge in [-0.05, 0) is 24.3 Å². The molecule has 0 atom stereocenters. The highest BCUT2D eigenvalue weighted by Gasteiger charge is 2.28. The summed E-state index contributed by atoms with van der Waals surface area (Å²) in [7, 11) is 0. The minimum absolute atomic E-state index is 0.00255. The molecule has 2 rings (SSSR count). The van der Waals surface area contributed by atoms with Gasteiger partial charge in [-0.15, -0.1) is 0 Å². The summed E-state index contributed by atoms with van der Waals surface area (Å²) in [6, 6.07) is 4.72. The van der Waals surface area contributed by atoms with Crippen molar-refractivity contribution < 1.29 is 26.7 Å². The Labute approximate surface area is 110 Å². The van der Waals surface area contributed by atoms with Crippen LogP contribution in [0.15, 0.2) is 24.3 Å². The number of pyridine rings is 1. The summed E-state index contributed by atoms with van der Waals surface area (Å²) in [6.07, 6.45) is -7.24. The number of alkyl halides is 5. The number of hydrogen-bond acceptors (Lipinski definition) is 3. The van der Waals surface area contributed by atoms with E-state index < -0.39 is 24.9 Å². The first-order valence-corrected chi connectivity index (χ1v) is 5.44. The normalized spacial score (nSPS) is 12.1.